The molecule has 0 aliphatic carbocycles. The maximum absolute atomic E-state index is 11.3. The van der Waals surface area contributed by atoms with Crippen molar-refractivity contribution in [1.82, 2.24) is 9.78 Å². The van der Waals surface area contributed by atoms with E-state index in [4.69, 9.17) is 21.1 Å². The van der Waals surface area contributed by atoms with E-state index >= 15 is 0 Å². The number of carboxylic acids is 1. The van der Waals surface area contributed by atoms with Crippen LogP contribution in [0.25, 0.3) is 5.69 Å². The second-order valence-corrected chi connectivity index (χ2v) is 5.20. The number of nitrogens with zero attached hydrogens (tertiary/aromatic N) is 2. The molecular weight excluding hydrogens is 288 g/mol. The molecule has 9 nitrogen and oxygen atoms in total. The van der Waals surface area contributed by atoms with Gasteiger partial charge in [0.05, 0.1) is 5.69 Å². The highest BCUT2D eigenvalue weighted by Gasteiger charge is 2.23. The molecule has 1 aromatic carbocycles. The Hall–Kier alpha value is -2.59. The third-order valence-corrected chi connectivity index (χ3v) is 3.43. The summed E-state index contributed by atoms with van der Waals surface area (Å²) in [6.07, 6.45) is 0. The lowest BCUT2D eigenvalue weighted by Crippen LogP contribution is -2.09. The molecule has 0 amide bonds. The van der Waals surface area contributed by atoms with Gasteiger partial charge in [-0.15, -0.1) is 0 Å². The lowest BCUT2D eigenvalue weighted by Gasteiger charge is -2.08. The Labute approximate surface area is 113 Å². The van der Waals surface area contributed by atoms with Gasteiger partial charge in [-0.2, -0.15) is 13.5 Å². The molecule has 2 aromatic rings. The van der Waals surface area contributed by atoms with Crippen LogP contribution in [0.1, 0.15) is 10.5 Å². The molecule has 0 atom stereocenters. The number of carboxylic acid groups (broad SMARTS) is 1. The van der Waals surface area contributed by atoms with Gasteiger partial charge in [-0.1, -0.05) is 12.1 Å². The number of hydrogen-bond acceptors (Lipinski definition) is 6. The summed E-state index contributed by atoms with van der Waals surface area (Å²) in [5.41, 5.74) is 10.2. The van der Waals surface area contributed by atoms with Gasteiger partial charge in [-0.05, 0) is 12.1 Å². The zero-order chi connectivity index (χ0) is 15.1. The summed E-state index contributed by atoms with van der Waals surface area (Å²) in [5.74, 6) is -1.64. The highest BCUT2D eigenvalue weighted by atomic mass is 32.2. The van der Waals surface area contributed by atoms with Crippen molar-refractivity contribution in [2.24, 2.45) is 0 Å². The lowest BCUT2D eigenvalue weighted by molar-refractivity contribution is 0.0691. The molecule has 0 aliphatic rings. The molecule has 0 unspecified atom stereocenters. The standard InChI is InChI=1S/C10H10N4O5S/c11-7-8(10(15)16)13-14(9(7)12)5-3-1-2-4-6(5)20(17,18)19/h1-4H,11-12H2,(H,15,16)(H,17,18,19). The van der Waals surface area contributed by atoms with Crippen LogP contribution >= 0.6 is 0 Å². The summed E-state index contributed by atoms with van der Waals surface area (Å²) in [4.78, 5) is 10.5. The summed E-state index contributed by atoms with van der Waals surface area (Å²) < 4.78 is 32.6. The van der Waals surface area contributed by atoms with Gasteiger partial charge in [0.1, 0.15) is 10.6 Å². The number of rotatable bonds is 3. The average molecular weight is 298 g/mol. The Bertz CT molecular complexity index is 796. The number of nitrogen functional groups attached to an aromatic ring is 2. The molecule has 2 rings (SSSR count). The Balaban J connectivity index is 2.77. The van der Waals surface area contributed by atoms with E-state index in [0.717, 1.165) is 10.7 Å². The van der Waals surface area contributed by atoms with E-state index in [2.05, 4.69) is 5.10 Å². The minimum Gasteiger partial charge on any atom is -0.476 e. The van der Waals surface area contributed by atoms with Crippen LogP contribution < -0.4 is 11.5 Å². The van der Waals surface area contributed by atoms with Gasteiger partial charge in [0.25, 0.3) is 10.1 Å². The summed E-state index contributed by atoms with van der Waals surface area (Å²) >= 11 is 0. The molecule has 0 bridgehead atoms. The number of aromatic carboxylic acids is 1. The first-order valence-electron chi connectivity index (χ1n) is 5.17. The van der Waals surface area contributed by atoms with Crippen molar-refractivity contribution in [2.45, 2.75) is 4.90 Å². The van der Waals surface area contributed by atoms with Crippen molar-refractivity contribution in [2.75, 3.05) is 11.5 Å². The molecule has 10 heteroatoms. The molecule has 0 saturated heterocycles. The lowest BCUT2D eigenvalue weighted by atomic mass is 10.3. The highest BCUT2D eigenvalue weighted by Crippen LogP contribution is 2.27. The van der Waals surface area contributed by atoms with Crippen molar-refractivity contribution in [3.8, 4) is 5.69 Å². The summed E-state index contributed by atoms with van der Waals surface area (Å²) in [7, 11) is -4.53. The molecule has 106 valence electrons. The van der Waals surface area contributed by atoms with Crippen LogP contribution in [0.4, 0.5) is 11.5 Å². The normalized spacial score (nSPS) is 11.4. The van der Waals surface area contributed by atoms with Crippen LogP contribution in [0, 0.1) is 0 Å². The van der Waals surface area contributed by atoms with E-state index in [1.54, 1.807) is 0 Å². The van der Waals surface area contributed by atoms with E-state index in [1.807, 2.05) is 0 Å². The maximum Gasteiger partial charge on any atom is 0.358 e. The fraction of sp³-hybridized carbons (Fsp3) is 0. The third kappa shape index (κ3) is 2.17. The molecule has 0 radical (unpaired) electrons. The number of aromatic nitrogens is 2. The fourth-order valence-corrected chi connectivity index (χ4v) is 2.30. The maximum atomic E-state index is 11.3. The number of nitrogens with two attached hydrogens (primary N) is 2. The predicted molar refractivity (Wildman–Crippen MR) is 69.2 cm³/mol. The molecule has 1 heterocycles. The van der Waals surface area contributed by atoms with Crippen LogP contribution in [0.3, 0.4) is 0 Å². The van der Waals surface area contributed by atoms with Gasteiger partial charge in [0, 0.05) is 0 Å². The van der Waals surface area contributed by atoms with Gasteiger partial charge in [0.15, 0.2) is 11.5 Å². The molecule has 0 spiro atoms. The van der Waals surface area contributed by atoms with Gasteiger partial charge >= 0.3 is 5.97 Å². The van der Waals surface area contributed by atoms with Crippen molar-refractivity contribution in [3.05, 3.63) is 30.0 Å². The fourth-order valence-electron chi connectivity index (χ4n) is 1.64. The Morgan fingerprint density at radius 2 is 1.85 bits per heavy atom. The first kappa shape index (κ1) is 13.8. The molecule has 0 fully saturated rings. The molecule has 1 aromatic heterocycles. The van der Waals surface area contributed by atoms with Crippen LogP contribution in [0.2, 0.25) is 0 Å². The number of para-hydroxylation sites is 1. The zero-order valence-corrected chi connectivity index (χ0v) is 10.7. The van der Waals surface area contributed by atoms with Crippen LogP contribution in [0.5, 0.6) is 0 Å². The highest BCUT2D eigenvalue weighted by molar-refractivity contribution is 7.86. The summed E-state index contributed by atoms with van der Waals surface area (Å²) in [6, 6.07) is 5.29. The topological polar surface area (TPSA) is 162 Å². The average Bonchev–Trinajstić information content (AvgIpc) is 2.65. The van der Waals surface area contributed by atoms with Crippen molar-refractivity contribution < 1.29 is 22.9 Å². The van der Waals surface area contributed by atoms with Crippen molar-refractivity contribution in [1.29, 1.82) is 0 Å². The number of hydrogen-bond donors (Lipinski definition) is 4. The van der Waals surface area contributed by atoms with Gasteiger partial charge in [-0.25, -0.2) is 9.48 Å². The second kappa shape index (κ2) is 4.51. The first-order valence-corrected chi connectivity index (χ1v) is 6.61. The summed E-state index contributed by atoms with van der Waals surface area (Å²) in [5, 5.41) is 12.5. The molecule has 20 heavy (non-hydrogen) atoms. The van der Waals surface area contributed by atoms with E-state index < -0.39 is 26.7 Å². The minimum atomic E-state index is -4.53. The predicted octanol–water partition coefficient (Wildman–Crippen LogP) is -0.0184. The SMILES string of the molecule is Nc1c(C(=O)O)nn(-c2ccccc2S(=O)(=O)O)c1N. The minimum absolute atomic E-state index is 0.105. The molecule has 0 aliphatic heterocycles. The molecule has 0 saturated carbocycles. The van der Waals surface area contributed by atoms with Crippen molar-refractivity contribution >= 4 is 27.6 Å². The Morgan fingerprint density at radius 3 is 2.35 bits per heavy atom. The molecular formula is C10H10N4O5S. The second-order valence-electron chi connectivity index (χ2n) is 3.81. The van der Waals surface area contributed by atoms with E-state index in [1.165, 1.54) is 18.2 Å². The van der Waals surface area contributed by atoms with E-state index in [-0.39, 0.29) is 17.2 Å². The van der Waals surface area contributed by atoms with E-state index in [0.29, 0.717) is 0 Å². The van der Waals surface area contributed by atoms with Crippen molar-refractivity contribution in [3.63, 3.8) is 0 Å². The number of carbonyl (C=O) groups is 1. The Morgan fingerprint density at radius 1 is 1.25 bits per heavy atom. The zero-order valence-electron chi connectivity index (χ0n) is 9.89. The summed E-state index contributed by atoms with van der Waals surface area (Å²) in [6.45, 7) is 0. The number of anilines is 2. The quantitative estimate of drug-likeness (QED) is 0.574. The van der Waals surface area contributed by atoms with Gasteiger partial charge in [-0.3, -0.25) is 4.55 Å². The van der Waals surface area contributed by atoms with Crippen LogP contribution in [0.15, 0.2) is 29.2 Å². The Kier molecular flexibility index (Phi) is 3.12. The smallest absolute Gasteiger partial charge is 0.358 e. The van der Waals surface area contributed by atoms with Gasteiger partial charge in [0.2, 0.25) is 0 Å². The first-order chi connectivity index (χ1) is 9.23. The van der Waals surface area contributed by atoms with Crippen LogP contribution in [-0.2, 0) is 10.1 Å². The monoisotopic (exact) mass is 298 g/mol. The van der Waals surface area contributed by atoms with E-state index in [9.17, 15) is 13.2 Å². The largest absolute Gasteiger partial charge is 0.476 e. The number of benzene rings is 1. The third-order valence-electron chi connectivity index (χ3n) is 2.53. The van der Waals surface area contributed by atoms with Crippen LogP contribution in [-0.4, -0.2) is 33.8 Å². The molecule has 6 N–H and O–H groups in total. The van der Waals surface area contributed by atoms with Gasteiger partial charge < -0.3 is 16.6 Å².